The summed E-state index contributed by atoms with van der Waals surface area (Å²) in [5, 5.41) is 8.43. The van der Waals surface area contributed by atoms with Gasteiger partial charge in [-0.25, -0.2) is 12.8 Å². The molecule has 5 nitrogen and oxygen atoms in total. The first-order valence-electron chi connectivity index (χ1n) is 4.88. The van der Waals surface area contributed by atoms with Crippen LogP contribution in [0.15, 0.2) is 21.5 Å². The van der Waals surface area contributed by atoms with E-state index in [9.17, 15) is 12.8 Å². The lowest BCUT2D eigenvalue weighted by Crippen LogP contribution is -2.28. The normalized spacial score (nSPS) is 11.5. The number of nitrogens with zero attached hydrogens (tertiary/aromatic N) is 2. The zero-order chi connectivity index (χ0) is 13.9. The molecule has 8 heteroatoms. The Morgan fingerprint density at radius 1 is 1.56 bits per heavy atom. The first kappa shape index (κ1) is 14.9. The van der Waals surface area contributed by atoms with Gasteiger partial charge in [0.1, 0.15) is 10.7 Å². The van der Waals surface area contributed by atoms with Crippen molar-refractivity contribution in [2.24, 2.45) is 0 Å². The van der Waals surface area contributed by atoms with E-state index in [1.165, 1.54) is 7.05 Å². The van der Waals surface area contributed by atoms with E-state index in [1.54, 1.807) is 0 Å². The van der Waals surface area contributed by atoms with Gasteiger partial charge in [-0.2, -0.15) is 9.57 Å². The van der Waals surface area contributed by atoms with E-state index in [4.69, 9.17) is 11.0 Å². The van der Waals surface area contributed by atoms with Gasteiger partial charge in [0.25, 0.3) is 0 Å². The largest absolute Gasteiger partial charge is 0.398 e. The van der Waals surface area contributed by atoms with Crippen molar-refractivity contribution in [2.75, 3.05) is 19.3 Å². The zero-order valence-electron chi connectivity index (χ0n) is 9.52. The SMILES string of the molecule is CN(CCC#N)S(=O)(=O)c1cc(Br)c(F)cc1N. The van der Waals surface area contributed by atoms with Gasteiger partial charge in [-0.1, -0.05) is 0 Å². The maximum absolute atomic E-state index is 13.2. The summed E-state index contributed by atoms with van der Waals surface area (Å²) < 4.78 is 38.4. The van der Waals surface area contributed by atoms with Crippen LogP contribution in [0.25, 0.3) is 0 Å². The third-order valence-electron chi connectivity index (χ3n) is 2.28. The van der Waals surface area contributed by atoms with Gasteiger partial charge in [-0.05, 0) is 28.1 Å². The minimum atomic E-state index is -3.82. The molecule has 0 saturated heterocycles. The van der Waals surface area contributed by atoms with Gasteiger partial charge < -0.3 is 5.73 Å². The Morgan fingerprint density at radius 2 is 2.17 bits per heavy atom. The third kappa shape index (κ3) is 2.98. The number of nitrogen functional groups attached to an aromatic ring is 1. The predicted molar refractivity (Wildman–Crippen MR) is 68.6 cm³/mol. The summed E-state index contributed by atoms with van der Waals surface area (Å²) in [4.78, 5) is -0.184. The molecule has 0 bridgehead atoms. The lowest BCUT2D eigenvalue weighted by atomic mass is 10.3. The topological polar surface area (TPSA) is 87.2 Å². The first-order chi connectivity index (χ1) is 8.30. The molecule has 2 N–H and O–H groups in total. The van der Waals surface area contributed by atoms with Crippen molar-refractivity contribution >= 4 is 31.6 Å². The standard InChI is InChI=1S/C10H11BrFN3O2S/c1-15(4-2-3-13)18(16,17)10-5-7(11)8(12)6-9(10)14/h5-6H,2,4,14H2,1H3. The Hall–Kier alpha value is -1.17. The van der Waals surface area contributed by atoms with Crippen LogP contribution in [-0.4, -0.2) is 26.3 Å². The number of benzene rings is 1. The van der Waals surface area contributed by atoms with Gasteiger partial charge in [-0.15, -0.1) is 0 Å². The molecule has 1 rings (SSSR count). The van der Waals surface area contributed by atoms with Crippen molar-refractivity contribution in [3.05, 3.63) is 22.4 Å². The summed E-state index contributed by atoms with van der Waals surface area (Å²) in [6.07, 6.45) is 0.0675. The molecule has 0 saturated carbocycles. The second kappa shape index (κ2) is 5.65. The van der Waals surface area contributed by atoms with Crippen LogP contribution in [-0.2, 0) is 10.0 Å². The number of anilines is 1. The number of halogens is 2. The quantitative estimate of drug-likeness (QED) is 0.848. The van der Waals surface area contributed by atoms with E-state index in [1.807, 2.05) is 6.07 Å². The van der Waals surface area contributed by atoms with Gasteiger partial charge in [-0.3, -0.25) is 0 Å². The van der Waals surface area contributed by atoms with Crippen molar-refractivity contribution in [1.29, 1.82) is 5.26 Å². The molecule has 0 fully saturated rings. The molecule has 0 aliphatic heterocycles. The summed E-state index contributed by atoms with van der Waals surface area (Å²) in [7, 11) is -2.48. The van der Waals surface area contributed by atoms with Crippen LogP contribution in [0.2, 0.25) is 0 Å². The molecular weight excluding hydrogens is 325 g/mol. The monoisotopic (exact) mass is 335 g/mol. The molecule has 1 aromatic carbocycles. The Bertz CT molecular complexity index is 598. The summed E-state index contributed by atoms with van der Waals surface area (Å²) >= 11 is 2.91. The van der Waals surface area contributed by atoms with Gasteiger partial charge in [0, 0.05) is 20.0 Å². The van der Waals surface area contributed by atoms with Crippen LogP contribution in [0.1, 0.15) is 6.42 Å². The molecule has 0 aromatic heterocycles. The van der Waals surface area contributed by atoms with Crippen molar-refractivity contribution in [3.8, 4) is 6.07 Å². The average molecular weight is 336 g/mol. The van der Waals surface area contributed by atoms with Crippen LogP contribution in [0.3, 0.4) is 0 Å². The minimum Gasteiger partial charge on any atom is -0.398 e. The molecule has 0 spiro atoms. The zero-order valence-corrected chi connectivity index (χ0v) is 11.9. The van der Waals surface area contributed by atoms with Gasteiger partial charge in [0.05, 0.1) is 16.2 Å². The van der Waals surface area contributed by atoms with Crippen molar-refractivity contribution in [3.63, 3.8) is 0 Å². The van der Waals surface area contributed by atoms with E-state index in [2.05, 4.69) is 15.9 Å². The highest BCUT2D eigenvalue weighted by molar-refractivity contribution is 9.10. The van der Waals surface area contributed by atoms with E-state index < -0.39 is 15.8 Å². The summed E-state index contributed by atoms with van der Waals surface area (Å²) in [6.45, 7) is 0.0489. The number of hydrogen-bond acceptors (Lipinski definition) is 4. The van der Waals surface area contributed by atoms with Gasteiger partial charge in [0.2, 0.25) is 10.0 Å². The summed E-state index contributed by atoms with van der Waals surface area (Å²) in [5.74, 6) is -0.633. The lowest BCUT2D eigenvalue weighted by Gasteiger charge is -2.17. The van der Waals surface area contributed by atoms with Crippen LogP contribution < -0.4 is 5.73 Å². The highest BCUT2D eigenvalue weighted by atomic mass is 79.9. The first-order valence-corrected chi connectivity index (χ1v) is 7.12. The lowest BCUT2D eigenvalue weighted by molar-refractivity contribution is 0.476. The maximum Gasteiger partial charge on any atom is 0.244 e. The number of sulfonamides is 1. The van der Waals surface area contributed by atoms with Crippen LogP contribution in [0.5, 0.6) is 0 Å². The van der Waals surface area contributed by atoms with Crippen LogP contribution in [0, 0.1) is 17.1 Å². The Kier molecular flexibility index (Phi) is 4.67. The van der Waals surface area contributed by atoms with Gasteiger partial charge >= 0.3 is 0 Å². The molecule has 0 unspecified atom stereocenters. The van der Waals surface area contributed by atoms with Gasteiger partial charge in [0.15, 0.2) is 0 Å². The Labute approximate surface area is 113 Å². The fourth-order valence-corrected chi connectivity index (χ4v) is 3.05. The molecular formula is C10H11BrFN3O2S. The minimum absolute atomic E-state index is 0.0176. The van der Waals surface area contributed by atoms with E-state index in [-0.39, 0.29) is 28.0 Å². The van der Waals surface area contributed by atoms with E-state index in [0.717, 1.165) is 16.4 Å². The molecule has 0 aliphatic rings. The van der Waals surface area contributed by atoms with E-state index in [0.29, 0.717) is 0 Å². The van der Waals surface area contributed by atoms with Crippen molar-refractivity contribution < 1.29 is 12.8 Å². The molecule has 0 atom stereocenters. The number of nitrogens with two attached hydrogens (primary N) is 1. The van der Waals surface area contributed by atoms with Crippen molar-refractivity contribution in [2.45, 2.75) is 11.3 Å². The maximum atomic E-state index is 13.2. The number of rotatable bonds is 4. The molecule has 18 heavy (non-hydrogen) atoms. The predicted octanol–water partition coefficient (Wildman–Crippen LogP) is 1.70. The second-order valence-corrected chi connectivity index (χ2v) is 6.41. The summed E-state index contributed by atoms with van der Waals surface area (Å²) in [5.41, 5.74) is 5.34. The third-order valence-corrected chi connectivity index (χ3v) is 4.80. The summed E-state index contributed by atoms with van der Waals surface area (Å²) in [6, 6.07) is 3.90. The van der Waals surface area contributed by atoms with Crippen LogP contribution in [0.4, 0.5) is 10.1 Å². The highest BCUT2D eigenvalue weighted by Gasteiger charge is 2.24. The second-order valence-electron chi connectivity index (χ2n) is 3.54. The molecule has 0 radical (unpaired) electrons. The fourth-order valence-electron chi connectivity index (χ4n) is 1.26. The number of nitriles is 1. The fraction of sp³-hybridized carbons (Fsp3) is 0.300. The van der Waals surface area contributed by atoms with E-state index >= 15 is 0 Å². The molecule has 0 amide bonds. The Morgan fingerprint density at radius 3 is 2.72 bits per heavy atom. The molecule has 98 valence electrons. The molecule has 0 heterocycles. The van der Waals surface area contributed by atoms with Crippen LogP contribution >= 0.6 is 15.9 Å². The molecule has 1 aromatic rings. The average Bonchev–Trinajstić information content (AvgIpc) is 2.30. The smallest absolute Gasteiger partial charge is 0.244 e. The number of hydrogen-bond donors (Lipinski definition) is 1. The van der Waals surface area contributed by atoms with Crippen molar-refractivity contribution in [1.82, 2.24) is 4.31 Å². The highest BCUT2D eigenvalue weighted by Crippen LogP contribution is 2.27. The molecule has 0 aliphatic carbocycles. The Balaban J connectivity index is 3.21.